The first kappa shape index (κ1) is 10.6. The molecule has 5 heteroatoms. The summed E-state index contributed by atoms with van der Waals surface area (Å²) in [6, 6.07) is -0.267. The zero-order chi connectivity index (χ0) is 10.8. The van der Waals surface area contributed by atoms with Crippen LogP contribution in [0, 0.1) is 5.92 Å². The number of likely N-dealkylation sites (tertiary alicyclic amines) is 1. The molecular weight excluding hydrogens is 196 g/mol. The number of amides is 2. The van der Waals surface area contributed by atoms with Gasteiger partial charge in [0.25, 0.3) is 0 Å². The van der Waals surface area contributed by atoms with Crippen LogP contribution in [0.25, 0.3) is 0 Å². The minimum absolute atomic E-state index is 0.164. The molecule has 0 bridgehead atoms. The Balaban J connectivity index is 1.90. The van der Waals surface area contributed by atoms with Crippen molar-refractivity contribution >= 4 is 11.8 Å². The standard InChI is InChI=1S/C10H16N2O3/c13-6-7-1-3-12(4-2-7)8-5-9(14)11-10(8)15/h7-8,13H,1-6H2,(H,11,14,15). The summed E-state index contributed by atoms with van der Waals surface area (Å²) in [5, 5.41) is 11.3. The maximum Gasteiger partial charge on any atom is 0.244 e. The molecule has 84 valence electrons. The number of carbonyl (C=O) groups excluding carboxylic acids is 2. The summed E-state index contributed by atoms with van der Waals surface area (Å²) in [4.78, 5) is 24.5. The van der Waals surface area contributed by atoms with Crippen LogP contribution < -0.4 is 5.32 Å². The van der Waals surface area contributed by atoms with Gasteiger partial charge < -0.3 is 5.11 Å². The van der Waals surface area contributed by atoms with E-state index in [2.05, 4.69) is 5.32 Å². The maximum atomic E-state index is 11.4. The Morgan fingerprint density at radius 1 is 1.33 bits per heavy atom. The fraction of sp³-hybridized carbons (Fsp3) is 0.800. The molecule has 2 aliphatic rings. The second kappa shape index (κ2) is 4.28. The smallest absolute Gasteiger partial charge is 0.244 e. The third-order valence-corrected chi connectivity index (χ3v) is 3.29. The fourth-order valence-electron chi connectivity index (χ4n) is 2.28. The van der Waals surface area contributed by atoms with E-state index >= 15 is 0 Å². The lowest BCUT2D eigenvalue weighted by molar-refractivity contribution is -0.126. The molecule has 1 unspecified atom stereocenters. The molecule has 5 nitrogen and oxygen atoms in total. The molecule has 1 atom stereocenters. The highest BCUT2D eigenvalue weighted by Gasteiger charge is 2.36. The van der Waals surface area contributed by atoms with E-state index in [0.717, 1.165) is 25.9 Å². The van der Waals surface area contributed by atoms with E-state index in [9.17, 15) is 9.59 Å². The Kier molecular flexibility index (Phi) is 3.02. The van der Waals surface area contributed by atoms with Gasteiger partial charge in [0, 0.05) is 6.61 Å². The van der Waals surface area contributed by atoms with E-state index < -0.39 is 0 Å². The van der Waals surface area contributed by atoms with Crippen LogP contribution >= 0.6 is 0 Å². The number of aliphatic hydroxyl groups excluding tert-OH is 1. The molecule has 2 amide bonds. The van der Waals surface area contributed by atoms with E-state index in [4.69, 9.17) is 5.11 Å². The summed E-state index contributed by atoms with van der Waals surface area (Å²) in [6.07, 6.45) is 2.12. The van der Waals surface area contributed by atoms with E-state index in [0.29, 0.717) is 12.3 Å². The number of aliphatic hydroxyl groups is 1. The normalized spacial score (nSPS) is 29.5. The monoisotopic (exact) mass is 212 g/mol. The second-order valence-corrected chi connectivity index (χ2v) is 4.29. The van der Waals surface area contributed by atoms with Gasteiger partial charge in [-0.3, -0.25) is 19.8 Å². The highest BCUT2D eigenvalue weighted by atomic mass is 16.3. The van der Waals surface area contributed by atoms with Crippen molar-refractivity contribution in [1.82, 2.24) is 10.2 Å². The van der Waals surface area contributed by atoms with Crippen molar-refractivity contribution in [1.29, 1.82) is 0 Å². The molecule has 0 aromatic rings. The lowest BCUT2D eigenvalue weighted by atomic mass is 9.96. The molecule has 2 saturated heterocycles. The molecule has 0 radical (unpaired) electrons. The summed E-state index contributed by atoms with van der Waals surface area (Å²) < 4.78 is 0. The van der Waals surface area contributed by atoms with Crippen molar-refractivity contribution in [2.75, 3.05) is 19.7 Å². The van der Waals surface area contributed by atoms with Gasteiger partial charge >= 0.3 is 0 Å². The largest absolute Gasteiger partial charge is 0.396 e. The van der Waals surface area contributed by atoms with Gasteiger partial charge in [-0.15, -0.1) is 0 Å². The van der Waals surface area contributed by atoms with E-state index in [1.54, 1.807) is 0 Å². The molecular formula is C10H16N2O3. The van der Waals surface area contributed by atoms with Crippen molar-refractivity contribution in [3.05, 3.63) is 0 Å². The lowest BCUT2D eigenvalue weighted by Gasteiger charge is -2.33. The van der Waals surface area contributed by atoms with Crippen LogP contribution in [0.2, 0.25) is 0 Å². The molecule has 0 saturated carbocycles. The highest BCUT2D eigenvalue weighted by Crippen LogP contribution is 2.21. The van der Waals surface area contributed by atoms with Gasteiger partial charge in [-0.05, 0) is 31.8 Å². The summed E-state index contributed by atoms with van der Waals surface area (Å²) >= 11 is 0. The summed E-state index contributed by atoms with van der Waals surface area (Å²) in [7, 11) is 0. The number of piperidine rings is 1. The zero-order valence-corrected chi connectivity index (χ0v) is 8.61. The molecule has 2 aliphatic heterocycles. The van der Waals surface area contributed by atoms with Crippen LogP contribution in [-0.4, -0.2) is 47.6 Å². The summed E-state index contributed by atoms with van der Waals surface area (Å²) in [5.41, 5.74) is 0. The molecule has 15 heavy (non-hydrogen) atoms. The summed E-state index contributed by atoms with van der Waals surface area (Å²) in [6.45, 7) is 1.83. The third-order valence-electron chi connectivity index (χ3n) is 3.29. The number of nitrogens with zero attached hydrogens (tertiary/aromatic N) is 1. The Morgan fingerprint density at radius 3 is 2.47 bits per heavy atom. The predicted molar refractivity (Wildman–Crippen MR) is 52.9 cm³/mol. The van der Waals surface area contributed by atoms with Crippen molar-refractivity contribution in [2.24, 2.45) is 5.92 Å². The Labute approximate surface area is 88.4 Å². The van der Waals surface area contributed by atoms with Gasteiger partial charge in [-0.2, -0.15) is 0 Å². The number of rotatable bonds is 2. The SMILES string of the molecule is O=C1CC(N2CCC(CO)CC2)C(=O)N1. The number of imide groups is 1. The number of hydrogen-bond acceptors (Lipinski definition) is 4. The summed E-state index contributed by atoms with van der Waals surface area (Å²) in [5.74, 6) is 0.0261. The Bertz CT molecular complexity index is 272. The minimum atomic E-state index is -0.267. The molecule has 2 heterocycles. The molecule has 0 aromatic carbocycles. The van der Waals surface area contributed by atoms with Crippen LogP contribution in [0.4, 0.5) is 0 Å². The van der Waals surface area contributed by atoms with E-state index in [-0.39, 0.29) is 24.5 Å². The highest BCUT2D eigenvalue weighted by molar-refractivity contribution is 6.05. The van der Waals surface area contributed by atoms with Crippen molar-refractivity contribution in [3.63, 3.8) is 0 Å². The predicted octanol–water partition coefficient (Wildman–Crippen LogP) is -0.894. The molecule has 2 fully saturated rings. The van der Waals surface area contributed by atoms with Crippen molar-refractivity contribution < 1.29 is 14.7 Å². The fourth-order valence-corrected chi connectivity index (χ4v) is 2.28. The Hall–Kier alpha value is -0.940. The average molecular weight is 212 g/mol. The molecule has 2 N–H and O–H groups in total. The van der Waals surface area contributed by atoms with Crippen LogP contribution in [-0.2, 0) is 9.59 Å². The quantitative estimate of drug-likeness (QED) is 0.582. The first-order valence-electron chi connectivity index (χ1n) is 5.39. The van der Waals surface area contributed by atoms with Gasteiger partial charge in [0.05, 0.1) is 12.5 Å². The molecule has 0 spiro atoms. The zero-order valence-electron chi connectivity index (χ0n) is 8.61. The van der Waals surface area contributed by atoms with Crippen LogP contribution in [0.5, 0.6) is 0 Å². The minimum Gasteiger partial charge on any atom is -0.396 e. The maximum absolute atomic E-state index is 11.4. The van der Waals surface area contributed by atoms with Gasteiger partial charge in [-0.1, -0.05) is 0 Å². The number of carbonyl (C=O) groups is 2. The number of hydrogen-bond donors (Lipinski definition) is 2. The van der Waals surface area contributed by atoms with Gasteiger partial charge in [0.15, 0.2) is 0 Å². The van der Waals surface area contributed by atoms with Gasteiger partial charge in [0.2, 0.25) is 11.8 Å². The molecule has 0 aliphatic carbocycles. The number of nitrogens with one attached hydrogen (secondary N) is 1. The van der Waals surface area contributed by atoms with E-state index in [1.165, 1.54) is 0 Å². The molecule has 2 rings (SSSR count). The van der Waals surface area contributed by atoms with Crippen LogP contribution in [0.3, 0.4) is 0 Å². The third kappa shape index (κ3) is 2.18. The Morgan fingerprint density at radius 2 is 2.00 bits per heavy atom. The van der Waals surface area contributed by atoms with Crippen molar-refractivity contribution in [2.45, 2.75) is 25.3 Å². The first-order chi connectivity index (χ1) is 7.20. The average Bonchev–Trinajstić information content (AvgIpc) is 2.58. The van der Waals surface area contributed by atoms with E-state index in [1.807, 2.05) is 4.90 Å². The van der Waals surface area contributed by atoms with Crippen LogP contribution in [0.15, 0.2) is 0 Å². The first-order valence-corrected chi connectivity index (χ1v) is 5.39. The van der Waals surface area contributed by atoms with Gasteiger partial charge in [0.1, 0.15) is 0 Å². The van der Waals surface area contributed by atoms with Gasteiger partial charge in [-0.25, -0.2) is 0 Å². The molecule has 0 aromatic heterocycles. The lowest BCUT2D eigenvalue weighted by Crippen LogP contribution is -2.45. The van der Waals surface area contributed by atoms with Crippen LogP contribution in [0.1, 0.15) is 19.3 Å². The second-order valence-electron chi connectivity index (χ2n) is 4.29. The topological polar surface area (TPSA) is 69.6 Å². The van der Waals surface area contributed by atoms with Crippen molar-refractivity contribution in [3.8, 4) is 0 Å².